The number of carbonyl (C=O) groups is 2. The number of Topliss-reactive ketones (excluding diaryl/α,β-unsaturated/α-hetero) is 1. The Morgan fingerprint density at radius 2 is 1.70 bits per heavy atom. The zero-order valence-corrected chi connectivity index (χ0v) is 12.2. The van der Waals surface area contributed by atoms with Gasteiger partial charge in [-0.15, -0.1) is 0 Å². The smallest absolute Gasteiger partial charge is 0.236 e. The molecular weight excluding hydrogens is 259 g/mol. The van der Waals surface area contributed by atoms with Crippen LogP contribution in [-0.4, -0.2) is 54.7 Å². The Kier molecular flexibility index (Phi) is 6.31. The number of carbonyl (C=O) groups excluding carboxylic acids is 2. The number of hydrogen-bond donors (Lipinski definition) is 0. The van der Waals surface area contributed by atoms with Crippen molar-refractivity contribution in [2.24, 2.45) is 0 Å². The molecule has 0 saturated heterocycles. The average molecular weight is 280 g/mol. The van der Waals surface area contributed by atoms with E-state index < -0.39 is 5.82 Å². The molecular formula is C15H21FN2O2. The molecule has 1 amide bonds. The molecule has 0 unspecified atom stereocenters. The number of ketones is 1. The van der Waals surface area contributed by atoms with E-state index >= 15 is 0 Å². The van der Waals surface area contributed by atoms with Crippen LogP contribution in [0.2, 0.25) is 0 Å². The van der Waals surface area contributed by atoms with Crippen molar-refractivity contribution in [3.8, 4) is 0 Å². The van der Waals surface area contributed by atoms with Crippen molar-refractivity contribution >= 4 is 11.7 Å². The lowest BCUT2D eigenvalue weighted by molar-refractivity contribution is -0.131. The number of nitrogens with zero attached hydrogens (tertiary/aromatic N) is 2. The maximum absolute atomic E-state index is 13.5. The third kappa shape index (κ3) is 4.42. The molecule has 1 aromatic rings. The summed E-state index contributed by atoms with van der Waals surface area (Å²) in [7, 11) is 1.68. The number of rotatable bonds is 7. The molecule has 0 fully saturated rings. The largest absolute Gasteiger partial charge is 0.342 e. The quantitative estimate of drug-likeness (QED) is 0.715. The number of halogens is 1. The molecule has 5 heteroatoms. The molecule has 0 aliphatic heterocycles. The Morgan fingerprint density at radius 1 is 1.10 bits per heavy atom. The molecule has 4 nitrogen and oxygen atoms in total. The van der Waals surface area contributed by atoms with Gasteiger partial charge in [-0.3, -0.25) is 14.5 Å². The van der Waals surface area contributed by atoms with Gasteiger partial charge in [-0.25, -0.2) is 4.39 Å². The number of likely N-dealkylation sites (N-methyl/N-ethyl adjacent to an activating group) is 2. The van der Waals surface area contributed by atoms with Crippen molar-refractivity contribution < 1.29 is 14.0 Å². The van der Waals surface area contributed by atoms with Gasteiger partial charge in [0.1, 0.15) is 5.82 Å². The summed E-state index contributed by atoms with van der Waals surface area (Å²) in [5, 5.41) is 0. The van der Waals surface area contributed by atoms with Crippen molar-refractivity contribution in [2.75, 3.05) is 33.2 Å². The van der Waals surface area contributed by atoms with E-state index in [1.54, 1.807) is 29.0 Å². The van der Waals surface area contributed by atoms with Gasteiger partial charge in [0.05, 0.1) is 18.7 Å². The molecule has 0 saturated carbocycles. The Balaban J connectivity index is 2.58. The van der Waals surface area contributed by atoms with Gasteiger partial charge in [0.25, 0.3) is 0 Å². The molecule has 20 heavy (non-hydrogen) atoms. The van der Waals surface area contributed by atoms with Crippen LogP contribution >= 0.6 is 0 Å². The minimum Gasteiger partial charge on any atom is -0.342 e. The van der Waals surface area contributed by atoms with Crippen LogP contribution < -0.4 is 0 Å². The van der Waals surface area contributed by atoms with E-state index in [4.69, 9.17) is 0 Å². The summed E-state index contributed by atoms with van der Waals surface area (Å²) in [5.74, 6) is -0.877. The van der Waals surface area contributed by atoms with Crippen LogP contribution in [0.4, 0.5) is 4.39 Å². The van der Waals surface area contributed by atoms with Gasteiger partial charge in [0.15, 0.2) is 5.78 Å². The molecule has 0 radical (unpaired) electrons. The number of amides is 1. The van der Waals surface area contributed by atoms with Crippen LogP contribution in [0, 0.1) is 5.82 Å². The van der Waals surface area contributed by atoms with Crippen molar-refractivity contribution in [3.63, 3.8) is 0 Å². The van der Waals surface area contributed by atoms with Crippen LogP contribution in [0.1, 0.15) is 24.2 Å². The average Bonchev–Trinajstić information content (AvgIpc) is 2.40. The van der Waals surface area contributed by atoms with E-state index in [9.17, 15) is 14.0 Å². The van der Waals surface area contributed by atoms with E-state index in [0.29, 0.717) is 13.1 Å². The van der Waals surface area contributed by atoms with E-state index in [-0.39, 0.29) is 30.3 Å². The Labute approximate surface area is 119 Å². The lowest BCUT2D eigenvalue weighted by Gasteiger charge is -2.22. The van der Waals surface area contributed by atoms with Gasteiger partial charge in [0, 0.05) is 13.1 Å². The molecule has 0 aromatic heterocycles. The first-order valence-electron chi connectivity index (χ1n) is 6.73. The molecule has 1 rings (SSSR count). The molecule has 0 spiro atoms. The summed E-state index contributed by atoms with van der Waals surface area (Å²) >= 11 is 0. The summed E-state index contributed by atoms with van der Waals surface area (Å²) in [4.78, 5) is 27.2. The van der Waals surface area contributed by atoms with E-state index in [1.807, 2.05) is 13.8 Å². The van der Waals surface area contributed by atoms with E-state index in [1.165, 1.54) is 12.1 Å². The second-order valence-corrected chi connectivity index (χ2v) is 4.64. The fourth-order valence-corrected chi connectivity index (χ4v) is 1.98. The summed E-state index contributed by atoms with van der Waals surface area (Å²) in [6.45, 7) is 5.28. The van der Waals surface area contributed by atoms with Crippen molar-refractivity contribution in [1.29, 1.82) is 0 Å². The Bertz CT molecular complexity index is 473. The highest BCUT2D eigenvalue weighted by Crippen LogP contribution is 2.07. The predicted octanol–water partition coefficient (Wildman–Crippen LogP) is 1.81. The fourth-order valence-electron chi connectivity index (χ4n) is 1.98. The lowest BCUT2D eigenvalue weighted by atomic mass is 10.1. The minimum atomic E-state index is -0.527. The maximum Gasteiger partial charge on any atom is 0.236 e. The van der Waals surface area contributed by atoms with Crippen LogP contribution in [-0.2, 0) is 4.79 Å². The first kappa shape index (κ1) is 16.3. The third-order valence-electron chi connectivity index (χ3n) is 3.11. The summed E-state index contributed by atoms with van der Waals surface area (Å²) in [6, 6.07) is 5.88. The highest BCUT2D eigenvalue weighted by atomic mass is 19.1. The van der Waals surface area contributed by atoms with Gasteiger partial charge in [-0.05, 0) is 33.0 Å². The minimum absolute atomic E-state index is 0.0218. The molecule has 0 N–H and O–H groups in total. The molecule has 1 aromatic carbocycles. The third-order valence-corrected chi connectivity index (χ3v) is 3.11. The summed E-state index contributed by atoms with van der Waals surface area (Å²) in [6.07, 6.45) is 0. The molecule has 110 valence electrons. The summed E-state index contributed by atoms with van der Waals surface area (Å²) < 4.78 is 13.5. The lowest BCUT2D eigenvalue weighted by Crippen LogP contribution is -2.40. The maximum atomic E-state index is 13.5. The molecule has 0 bridgehead atoms. The predicted molar refractivity (Wildman–Crippen MR) is 76.2 cm³/mol. The van der Waals surface area contributed by atoms with Gasteiger partial charge in [-0.2, -0.15) is 0 Å². The zero-order chi connectivity index (χ0) is 15.1. The first-order chi connectivity index (χ1) is 9.49. The fraction of sp³-hybridized carbons (Fsp3) is 0.467. The van der Waals surface area contributed by atoms with Crippen molar-refractivity contribution in [3.05, 3.63) is 35.6 Å². The molecule has 0 heterocycles. The molecule has 0 aliphatic carbocycles. The van der Waals surface area contributed by atoms with Crippen LogP contribution in [0.5, 0.6) is 0 Å². The van der Waals surface area contributed by atoms with E-state index in [0.717, 1.165) is 0 Å². The Hall–Kier alpha value is -1.75. The summed E-state index contributed by atoms with van der Waals surface area (Å²) in [5.41, 5.74) is 0.0645. The second kappa shape index (κ2) is 7.75. The zero-order valence-electron chi connectivity index (χ0n) is 12.2. The normalized spacial score (nSPS) is 10.7. The first-order valence-corrected chi connectivity index (χ1v) is 6.73. The van der Waals surface area contributed by atoms with Crippen LogP contribution in [0.15, 0.2) is 24.3 Å². The SMILES string of the molecule is CCN(CC)C(=O)CN(C)CC(=O)c1ccccc1F. The Morgan fingerprint density at radius 3 is 2.25 bits per heavy atom. The van der Waals surface area contributed by atoms with Gasteiger partial charge in [0.2, 0.25) is 5.91 Å². The standard InChI is InChI=1S/C15H21FN2O2/c1-4-18(5-2)15(20)11-17(3)10-14(19)12-8-6-7-9-13(12)16/h6-9H,4-5,10-11H2,1-3H3. The second-order valence-electron chi connectivity index (χ2n) is 4.64. The van der Waals surface area contributed by atoms with Gasteiger partial charge < -0.3 is 4.90 Å². The number of benzene rings is 1. The molecule has 0 aliphatic rings. The highest BCUT2D eigenvalue weighted by Gasteiger charge is 2.17. The van der Waals surface area contributed by atoms with Crippen LogP contribution in [0.25, 0.3) is 0 Å². The van der Waals surface area contributed by atoms with E-state index in [2.05, 4.69) is 0 Å². The van der Waals surface area contributed by atoms with Crippen molar-refractivity contribution in [1.82, 2.24) is 9.80 Å². The van der Waals surface area contributed by atoms with Crippen LogP contribution in [0.3, 0.4) is 0 Å². The van der Waals surface area contributed by atoms with Gasteiger partial charge in [-0.1, -0.05) is 12.1 Å². The number of hydrogen-bond acceptors (Lipinski definition) is 3. The monoisotopic (exact) mass is 280 g/mol. The topological polar surface area (TPSA) is 40.6 Å². The van der Waals surface area contributed by atoms with Crippen molar-refractivity contribution in [2.45, 2.75) is 13.8 Å². The van der Waals surface area contributed by atoms with Gasteiger partial charge >= 0.3 is 0 Å². The highest BCUT2D eigenvalue weighted by molar-refractivity contribution is 5.98. The molecule has 0 atom stereocenters.